The van der Waals surface area contributed by atoms with Crippen molar-refractivity contribution in [1.29, 1.82) is 0 Å². The van der Waals surface area contributed by atoms with Gasteiger partial charge in [-0.1, -0.05) is 46.4 Å². The van der Waals surface area contributed by atoms with Gasteiger partial charge < -0.3 is 78.0 Å². The molecule has 8 aromatic heterocycles. The molecular formula is C49H54Cl4N16O17. The molecule has 86 heavy (non-hydrogen) atoms. The smallest absolute Gasteiger partial charge is 0.335 e. The minimum absolute atomic E-state index is 0.153. The van der Waals surface area contributed by atoms with E-state index in [0.717, 1.165) is 0 Å². The van der Waals surface area contributed by atoms with Crippen LogP contribution in [0.25, 0.3) is 44.7 Å². The van der Waals surface area contributed by atoms with E-state index < -0.39 is 104 Å². The van der Waals surface area contributed by atoms with Gasteiger partial charge in [0.15, 0.2) is 91.6 Å². The lowest BCUT2D eigenvalue weighted by atomic mass is 10.1. The van der Waals surface area contributed by atoms with E-state index in [1.54, 1.807) is 40.2 Å². The van der Waals surface area contributed by atoms with Gasteiger partial charge in [-0.2, -0.15) is 0 Å². The number of carboxylic acid groups (broad SMARTS) is 1. The van der Waals surface area contributed by atoms with Gasteiger partial charge >= 0.3 is 5.97 Å². The second-order valence-electron chi connectivity index (χ2n) is 21.7. The molecule has 7 saturated heterocycles. The van der Waals surface area contributed by atoms with Crippen molar-refractivity contribution in [2.75, 3.05) is 19.8 Å². The summed E-state index contributed by atoms with van der Waals surface area (Å²) in [6.07, 6.45) is 0.702. The third-order valence-electron chi connectivity index (χ3n) is 14.8. The van der Waals surface area contributed by atoms with Gasteiger partial charge in [0.1, 0.15) is 115 Å². The summed E-state index contributed by atoms with van der Waals surface area (Å²) in [5, 5.41) is 58.1. The molecule has 0 saturated carbocycles. The Bertz CT molecular complexity index is 3680. The van der Waals surface area contributed by atoms with Crippen LogP contribution in [0, 0.1) is 0 Å². The Morgan fingerprint density at radius 3 is 1.03 bits per heavy atom. The maximum atomic E-state index is 11.5. The SMILES string of the molecule is CC1(C)O[C@@H]2[C@H](O1)[C@@H](C(=O)O)O[C@H]2n1cnc2c(Cl)ncnc21.CC1(C)O[C@@H]2[C@H](O1)[C@@H](CO)O[C@H]2n1cnc2c(Cl)ncnc21.CC1(C)O[C@@H]2[C@H](O1)[C@@H](CO)O[C@H]2n1cnc2c(Cl)ncnc21.OC[C@H]1O[C@@H](n2cnc3c(Cl)ncnc32)[C@H](O)[C@@H]1O. The highest BCUT2D eigenvalue weighted by Gasteiger charge is 2.60. The molecular weight excluding hydrogens is 1230 g/mol. The molecule has 15 rings (SSSR count). The van der Waals surface area contributed by atoms with E-state index in [0.29, 0.717) is 44.7 Å². The molecule has 16 atom stereocenters. The molecule has 37 heteroatoms. The summed E-state index contributed by atoms with van der Waals surface area (Å²) in [6.45, 7) is 10.1. The zero-order chi connectivity index (χ0) is 60.9. The molecule has 0 bridgehead atoms. The van der Waals surface area contributed by atoms with Crippen LogP contribution in [0.3, 0.4) is 0 Å². The van der Waals surface area contributed by atoms with E-state index in [1.807, 2.05) is 27.7 Å². The zero-order valence-electron chi connectivity index (χ0n) is 45.8. The number of hydrogen-bond acceptors (Lipinski definition) is 28. The molecule has 7 aliphatic heterocycles. The fourth-order valence-electron chi connectivity index (χ4n) is 11.2. The van der Waals surface area contributed by atoms with E-state index in [1.165, 1.54) is 42.5 Å². The quantitative estimate of drug-likeness (QED) is 0.118. The normalized spacial score (nSPS) is 32.6. The summed E-state index contributed by atoms with van der Waals surface area (Å²) in [7, 11) is 0. The molecule has 0 aromatic carbocycles. The Labute approximate surface area is 503 Å². The van der Waals surface area contributed by atoms with Crippen molar-refractivity contribution in [3.8, 4) is 0 Å². The number of hydrogen-bond donors (Lipinski definition) is 6. The number of fused-ring (bicyclic) bond motifs is 7. The van der Waals surface area contributed by atoms with Crippen LogP contribution in [0.15, 0.2) is 50.6 Å². The molecule has 460 valence electrons. The first kappa shape index (κ1) is 60.5. The molecule has 33 nitrogen and oxygen atoms in total. The van der Waals surface area contributed by atoms with Crippen molar-refractivity contribution in [3.63, 3.8) is 0 Å². The molecule has 0 aliphatic carbocycles. The number of imidazole rings is 4. The van der Waals surface area contributed by atoms with Crippen LogP contribution in [0.2, 0.25) is 20.6 Å². The average molecular weight is 1280 g/mol. The number of aliphatic hydroxyl groups is 5. The summed E-state index contributed by atoms with van der Waals surface area (Å²) in [6, 6.07) is 0. The third kappa shape index (κ3) is 11.0. The number of carbonyl (C=O) groups is 1. The van der Waals surface area contributed by atoms with E-state index in [-0.39, 0.29) is 58.2 Å². The minimum Gasteiger partial charge on any atom is -0.479 e. The predicted octanol–water partition coefficient (Wildman–Crippen LogP) is 1.85. The lowest BCUT2D eigenvalue weighted by Crippen LogP contribution is -2.35. The molecule has 0 unspecified atom stereocenters. The number of aliphatic hydroxyl groups excluding tert-OH is 5. The van der Waals surface area contributed by atoms with E-state index >= 15 is 0 Å². The van der Waals surface area contributed by atoms with Crippen molar-refractivity contribution >= 4 is 97.0 Å². The summed E-state index contributed by atoms with van der Waals surface area (Å²) < 4.78 is 64.4. The summed E-state index contributed by atoms with van der Waals surface area (Å²) in [4.78, 5) is 60.2. The molecule has 8 aromatic rings. The van der Waals surface area contributed by atoms with Crippen molar-refractivity contribution in [2.45, 2.75) is 157 Å². The van der Waals surface area contributed by atoms with Gasteiger partial charge in [0.25, 0.3) is 0 Å². The largest absolute Gasteiger partial charge is 0.479 e. The Kier molecular flexibility index (Phi) is 16.4. The molecule has 0 radical (unpaired) electrons. The van der Waals surface area contributed by atoms with Crippen molar-refractivity contribution in [3.05, 3.63) is 71.2 Å². The Balaban J connectivity index is 0.000000112. The summed E-state index contributed by atoms with van der Waals surface area (Å²) in [5.74, 6) is -3.46. The van der Waals surface area contributed by atoms with Gasteiger partial charge in [-0.25, -0.2) is 64.6 Å². The molecule has 0 amide bonds. The van der Waals surface area contributed by atoms with Crippen LogP contribution < -0.4 is 0 Å². The van der Waals surface area contributed by atoms with Gasteiger partial charge in [0.05, 0.1) is 45.1 Å². The van der Waals surface area contributed by atoms with Gasteiger partial charge in [0, 0.05) is 0 Å². The highest BCUT2D eigenvalue weighted by Crippen LogP contribution is 2.47. The molecule has 0 spiro atoms. The lowest BCUT2D eigenvalue weighted by Gasteiger charge is -2.24. The Morgan fingerprint density at radius 1 is 0.419 bits per heavy atom. The number of aromatic nitrogens is 16. The number of aliphatic carboxylic acids is 1. The number of nitrogens with zero attached hydrogens (tertiary/aromatic N) is 16. The van der Waals surface area contributed by atoms with Gasteiger partial charge in [0.2, 0.25) is 0 Å². The van der Waals surface area contributed by atoms with Gasteiger partial charge in [-0.15, -0.1) is 0 Å². The van der Waals surface area contributed by atoms with E-state index in [2.05, 4.69) is 59.8 Å². The van der Waals surface area contributed by atoms with E-state index in [4.69, 9.17) is 98.9 Å². The van der Waals surface area contributed by atoms with Crippen LogP contribution in [0.1, 0.15) is 66.5 Å². The standard InChI is InChI=1S/C13H13ClN4O5.2C13H15ClN4O4.C10H11ClN4O4/c1-13(2)22-6-7(23-13)11(21-8(6)12(19)20)18-4-17-5-9(14)15-3-16-10(5)18;2*1-13(2)21-8-6(3-19)20-12(9(8)22-13)18-5-17-7-10(14)15-4-16-11(7)18;11-8-5-9(13-2-12-8)15(3-14-5)10-7(18)6(17)4(1-16)19-10/h3-4,6-8,11H,1-2H3,(H,19,20);2*4-6,8-9,12,19H,3H2,1-2H3;2-4,6-7,10,16-18H,1H2/t6-,7+,8-,11+;2*6-,8-,9-,12-;4-,6-,7-,10-/m0111/s1. The first-order valence-electron chi connectivity index (χ1n) is 26.4. The highest BCUT2D eigenvalue weighted by molar-refractivity contribution is 6.34. The Morgan fingerprint density at radius 2 is 0.709 bits per heavy atom. The lowest BCUT2D eigenvalue weighted by molar-refractivity contribution is -0.202. The summed E-state index contributed by atoms with van der Waals surface area (Å²) in [5.41, 5.74) is 3.70. The van der Waals surface area contributed by atoms with Crippen molar-refractivity contribution in [2.24, 2.45) is 0 Å². The van der Waals surface area contributed by atoms with Crippen molar-refractivity contribution in [1.82, 2.24) is 78.1 Å². The van der Waals surface area contributed by atoms with Gasteiger partial charge in [-0.05, 0) is 41.5 Å². The van der Waals surface area contributed by atoms with Crippen LogP contribution >= 0.6 is 46.4 Å². The van der Waals surface area contributed by atoms with Crippen LogP contribution in [-0.4, -0.2) is 225 Å². The number of carboxylic acids is 1. The first-order valence-corrected chi connectivity index (χ1v) is 27.9. The number of halogens is 4. The van der Waals surface area contributed by atoms with Crippen LogP contribution in [-0.2, 0) is 52.2 Å². The molecule has 6 N–H and O–H groups in total. The van der Waals surface area contributed by atoms with E-state index in [9.17, 15) is 30.3 Å². The predicted molar refractivity (Wildman–Crippen MR) is 289 cm³/mol. The van der Waals surface area contributed by atoms with Gasteiger partial charge in [-0.3, -0.25) is 18.3 Å². The first-order chi connectivity index (χ1) is 41.0. The molecule has 15 heterocycles. The fraction of sp³-hybridized carbons (Fsp3) is 0.571. The fourth-order valence-corrected chi connectivity index (χ4v) is 11.9. The van der Waals surface area contributed by atoms with Crippen LogP contribution in [0.5, 0.6) is 0 Å². The second kappa shape index (κ2) is 23.3. The molecule has 7 aliphatic rings. The topological polar surface area (TPSA) is 405 Å². The Hall–Kier alpha value is -5.77. The average Bonchev–Trinajstić information content (AvgIpc) is 1.76. The zero-order valence-corrected chi connectivity index (χ0v) is 48.8. The minimum atomic E-state index is -1.19. The second-order valence-corrected chi connectivity index (χ2v) is 23.1. The maximum Gasteiger partial charge on any atom is 0.335 e. The number of rotatable bonds is 8. The third-order valence-corrected chi connectivity index (χ3v) is 15.9. The van der Waals surface area contributed by atoms with Crippen molar-refractivity contribution < 1.29 is 82.8 Å². The highest BCUT2D eigenvalue weighted by atomic mass is 35.5. The number of ether oxygens (including phenoxy) is 10. The van der Waals surface area contributed by atoms with Crippen LogP contribution in [0.4, 0.5) is 0 Å². The monoisotopic (exact) mass is 1280 g/mol. The summed E-state index contributed by atoms with van der Waals surface area (Å²) >= 11 is 23.9. The maximum absolute atomic E-state index is 11.5. The molecule has 7 fully saturated rings.